The number of rotatable bonds is 5. The van der Waals surface area contributed by atoms with Crippen molar-refractivity contribution in [3.8, 4) is 0 Å². The van der Waals surface area contributed by atoms with Gasteiger partial charge in [0.25, 0.3) is 0 Å². The second kappa shape index (κ2) is 5.84. The van der Waals surface area contributed by atoms with Crippen molar-refractivity contribution >= 4 is 0 Å². The lowest BCUT2D eigenvalue weighted by Crippen LogP contribution is -2.41. The molecule has 0 aromatic carbocycles. The van der Waals surface area contributed by atoms with Gasteiger partial charge in [-0.1, -0.05) is 26.7 Å². The molecule has 2 saturated carbocycles. The maximum absolute atomic E-state index is 4.46. The molecule has 3 rings (SSSR count). The predicted octanol–water partition coefficient (Wildman–Crippen LogP) is 3.32. The molecule has 2 fully saturated rings. The van der Waals surface area contributed by atoms with E-state index in [1.54, 1.807) is 0 Å². The van der Waals surface area contributed by atoms with Crippen molar-refractivity contribution in [3.05, 3.63) is 11.6 Å². The van der Waals surface area contributed by atoms with E-state index in [1.807, 2.05) is 0 Å². The van der Waals surface area contributed by atoms with Gasteiger partial charge in [0.15, 0.2) is 0 Å². The molecule has 2 aliphatic carbocycles. The summed E-state index contributed by atoms with van der Waals surface area (Å²) >= 11 is 0. The minimum absolute atomic E-state index is 0.683. The van der Waals surface area contributed by atoms with Crippen molar-refractivity contribution in [1.29, 1.82) is 0 Å². The Kier molecular flexibility index (Phi) is 4.11. The zero-order chi connectivity index (χ0) is 14.1. The molecule has 0 unspecified atom stereocenters. The summed E-state index contributed by atoms with van der Waals surface area (Å²) in [5, 5.41) is 8.77. The average molecular weight is 276 g/mol. The van der Waals surface area contributed by atoms with Crippen LogP contribution in [-0.2, 0) is 6.54 Å². The van der Waals surface area contributed by atoms with Crippen molar-refractivity contribution in [1.82, 2.24) is 19.7 Å². The number of nitrogens with zero attached hydrogens (tertiary/aromatic N) is 4. The van der Waals surface area contributed by atoms with Crippen molar-refractivity contribution < 1.29 is 0 Å². The van der Waals surface area contributed by atoms with Gasteiger partial charge in [0.2, 0.25) is 0 Å². The van der Waals surface area contributed by atoms with Gasteiger partial charge in [-0.15, -0.1) is 10.2 Å². The Morgan fingerprint density at radius 1 is 1.15 bits per heavy atom. The van der Waals surface area contributed by atoms with Gasteiger partial charge in [-0.3, -0.25) is 4.90 Å². The molecule has 0 amide bonds. The minimum Gasteiger partial charge on any atom is -0.311 e. The van der Waals surface area contributed by atoms with Crippen LogP contribution in [-0.4, -0.2) is 32.3 Å². The third-order valence-electron chi connectivity index (χ3n) is 5.13. The van der Waals surface area contributed by atoms with Gasteiger partial charge in [-0.05, 0) is 45.1 Å². The van der Waals surface area contributed by atoms with E-state index in [0.717, 1.165) is 30.9 Å². The number of hydrogen-bond acceptors (Lipinski definition) is 3. The standard InChI is InChI=1S/C16H28N4/c1-4-19(15-8-6-5-7-12(15)2)11-16-18-17-13(3)20(16)14-9-10-14/h12,14-15H,4-11H2,1-3H3/t12-,15+/m0/s1. The largest absolute Gasteiger partial charge is 0.311 e. The molecule has 0 radical (unpaired) electrons. The third kappa shape index (κ3) is 2.76. The van der Waals surface area contributed by atoms with Crippen LogP contribution in [0.4, 0.5) is 0 Å². The van der Waals surface area contributed by atoms with E-state index < -0.39 is 0 Å². The van der Waals surface area contributed by atoms with Gasteiger partial charge in [0.1, 0.15) is 11.6 Å². The zero-order valence-corrected chi connectivity index (χ0v) is 13.2. The van der Waals surface area contributed by atoms with E-state index in [9.17, 15) is 0 Å². The summed E-state index contributed by atoms with van der Waals surface area (Å²) in [7, 11) is 0. The highest BCUT2D eigenvalue weighted by Crippen LogP contribution is 2.37. The Morgan fingerprint density at radius 2 is 1.90 bits per heavy atom. The molecular weight excluding hydrogens is 248 g/mol. The first kappa shape index (κ1) is 14.1. The summed E-state index contributed by atoms with van der Waals surface area (Å²) in [4.78, 5) is 2.63. The van der Waals surface area contributed by atoms with Gasteiger partial charge >= 0.3 is 0 Å². The Labute approximate surface area is 122 Å². The molecule has 2 aliphatic rings. The Bertz CT molecular complexity index is 449. The van der Waals surface area contributed by atoms with Crippen molar-refractivity contribution in [2.75, 3.05) is 6.54 Å². The molecular formula is C16H28N4. The minimum atomic E-state index is 0.683. The van der Waals surface area contributed by atoms with Crippen LogP contribution in [0.15, 0.2) is 0 Å². The van der Waals surface area contributed by atoms with Crippen molar-refractivity contribution in [2.45, 2.75) is 77.9 Å². The van der Waals surface area contributed by atoms with E-state index in [2.05, 4.69) is 40.4 Å². The highest BCUT2D eigenvalue weighted by atomic mass is 15.3. The van der Waals surface area contributed by atoms with Gasteiger partial charge in [0, 0.05) is 12.1 Å². The monoisotopic (exact) mass is 276 g/mol. The number of aryl methyl sites for hydroxylation is 1. The number of hydrogen-bond donors (Lipinski definition) is 0. The normalized spacial score (nSPS) is 27.2. The topological polar surface area (TPSA) is 34.0 Å². The van der Waals surface area contributed by atoms with Gasteiger partial charge in [-0.25, -0.2) is 0 Å². The first-order valence-electron chi connectivity index (χ1n) is 8.35. The fourth-order valence-corrected chi connectivity index (χ4v) is 3.81. The SMILES string of the molecule is CCN(Cc1nnc(C)n1C1CC1)[C@@H]1CCCC[C@@H]1C. The van der Waals surface area contributed by atoms with E-state index in [4.69, 9.17) is 0 Å². The first-order valence-corrected chi connectivity index (χ1v) is 8.35. The second-order valence-corrected chi connectivity index (χ2v) is 6.66. The van der Waals surface area contributed by atoms with E-state index in [0.29, 0.717) is 6.04 Å². The molecule has 1 heterocycles. The molecule has 0 N–H and O–H groups in total. The molecule has 0 bridgehead atoms. The number of aromatic nitrogens is 3. The van der Waals surface area contributed by atoms with Crippen LogP contribution in [0.5, 0.6) is 0 Å². The van der Waals surface area contributed by atoms with Crippen LogP contribution in [0.1, 0.15) is 70.1 Å². The molecule has 1 aromatic heterocycles. The smallest absolute Gasteiger partial charge is 0.147 e. The van der Waals surface area contributed by atoms with Crippen molar-refractivity contribution in [3.63, 3.8) is 0 Å². The van der Waals surface area contributed by atoms with E-state index >= 15 is 0 Å². The highest BCUT2D eigenvalue weighted by molar-refractivity contribution is 5.02. The molecule has 2 atom stereocenters. The molecule has 1 aromatic rings. The summed E-state index contributed by atoms with van der Waals surface area (Å²) in [6.07, 6.45) is 8.14. The molecule has 20 heavy (non-hydrogen) atoms. The molecule has 112 valence electrons. The fraction of sp³-hybridized carbons (Fsp3) is 0.875. The Balaban J connectivity index is 1.74. The summed E-state index contributed by atoms with van der Waals surface area (Å²) in [5.74, 6) is 3.10. The van der Waals surface area contributed by atoms with Gasteiger partial charge in [-0.2, -0.15) is 0 Å². The summed E-state index contributed by atoms with van der Waals surface area (Å²) in [5.41, 5.74) is 0. The average Bonchev–Trinajstić information content (AvgIpc) is 3.21. The first-order chi connectivity index (χ1) is 9.70. The summed E-state index contributed by atoms with van der Waals surface area (Å²) in [6, 6.07) is 1.42. The van der Waals surface area contributed by atoms with E-state index in [1.165, 1.54) is 44.3 Å². The quantitative estimate of drug-likeness (QED) is 0.827. The third-order valence-corrected chi connectivity index (χ3v) is 5.13. The van der Waals surface area contributed by atoms with Crippen LogP contribution in [0.3, 0.4) is 0 Å². The van der Waals surface area contributed by atoms with Crippen LogP contribution < -0.4 is 0 Å². The van der Waals surface area contributed by atoms with Crippen LogP contribution in [0.25, 0.3) is 0 Å². The second-order valence-electron chi connectivity index (χ2n) is 6.66. The highest BCUT2D eigenvalue weighted by Gasteiger charge is 2.31. The molecule has 0 aliphatic heterocycles. The molecule has 4 heteroatoms. The Hall–Kier alpha value is -0.900. The fourth-order valence-electron chi connectivity index (χ4n) is 3.81. The van der Waals surface area contributed by atoms with Crippen LogP contribution in [0.2, 0.25) is 0 Å². The zero-order valence-electron chi connectivity index (χ0n) is 13.2. The predicted molar refractivity (Wildman–Crippen MR) is 80.5 cm³/mol. The molecule has 4 nitrogen and oxygen atoms in total. The maximum atomic E-state index is 4.46. The lowest BCUT2D eigenvalue weighted by molar-refractivity contribution is 0.106. The van der Waals surface area contributed by atoms with Crippen LogP contribution in [0, 0.1) is 12.8 Å². The summed E-state index contributed by atoms with van der Waals surface area (Å²) < 4.78 is 2.39. The molecule has 0 spiro atoms. The van der Waals surface area contributed by atoms with Gasteiger partial charge in [0.05, 0.1) is 6.54 Å². The van der Waals surface area contributed by atoms with Crippen molar-refractivity contribution in [2.24, 2.45) is 5.92 Å². The lowest BCUT2D eigenvalue weighted by atomic mass is 9.85. The summed E-state index contributed by atoms with van der Waals surface area (Å²) in [6.45, 7) is 8.89. The maximum Gasteiger partial charge on any atom is 0.147 e. The van der Waals surface area contributed by atoms with E-state index in [-0.39, 0.29) is 0 Å². The Morgan fingerprint density at radius 3 is 2.55 bits per heavy atom. The van der Waals surface area contributed by atoms with Crippen LogP contribution >= 0.6 is 0 Å². The molecule has 0 saturated heterocycles. The lowest BCUT2D eigenvalue weighted by Gasteiger charge is -2.37. The van der Waals surface area contributed by atoms with Gasteiger partial charge < -0.3 is 4.57 Å².